The van der Waals surface area contributed by atoms with Crippen LogP contribution in [0.25, 0.3) is 0 Å². The number of nitrogens with zero attached hydrogens (tertiary/aromatic N) is 1. The summed E-state index contributed by atoms with van der Waals surface area (Å²) in [6.45, 7) is 6.28. The van der Waals surface area contributed by atoms with E-state index in [1.165, 1.54) is 12.3 Å². The van der Waals surface area contributed by atoms with Crippen molar-refractivity contribution < 1.29 is 8.42 Å². The maximum atomic E-state index is 11.6. The van der Waals surface area contributed by atoms with Gasteiger partial charge in [-0.2, -0.15) is 5.10 Å². The third-order valence-corrected chi connectivity index (χ3v) is 2.89. The molecule has 0 amide bonds. The van der Waals surface area contributed by atoms with Crippen LogP contribution in [0.2, 0.25) is 0 Å². The van der Waals surface area contributed by atoms with Crippen molar-refractivity contribution in [3.63, 3.8) is 0 Å². The Morgan fingerprint density at radius 3 is 2.57 bits per heavy atom. The summed E-state index contributed by atoms with van der Waals surface area (Å²) < 4.78 is 25.6. The van der Waals surface area contributed by atoms with E-state index in [0.29, 0.717) is 6.54 Å². The van der Waals surface area contributed by atoms with Crippen LogP contribution in [-0.4, -0.2) is 25.2 Å². The minimum atomic E-state index is -3.42. The van der Waals surface area contributed by atoms with E-state index in [9.17, 15) is 8.42 Å². The van der Waals surface area contributed by atoms with Gasteiger partial charge in [0.1, 0.15) is 0 Å². The molecule has 0 fully saturated rings. The smallest absolute Gasteiger partial charge is 0.257 e. The zero-order valence-corrected chi connectivity index (χ0v) is 9.35. The molecule has 0 unspecified atom stereocenters. The summed E-state index contributed by atoms with van der Waals surface area (Å²) in [7, 11) is -3.42. The van der Waals surface area contributed by atoms with Crippen LogP contribution in [0.15, 0.2) is 17.3 Å². The number of H-pyrrole nitrogens is 1. The maximum absolute atomic E-state index is 11.6. The zero-order valence-electron chi connectivity index (χ0n) is 8.53. The van der Waals surface area contributed by atoms with Crippen LogP contribution in [0.5, 0.6) is 0 Å². The van der Waals surface area contributed by atoms with Crippen molar-refractivity contribution in [1.29, 1.82) is 0 Å². The minimum Gasteiger partial charge on any atom is -0.266 e. The Labute approximate surface area is 84.0 Å². The molecular weight excluding hydrogens is 202 g/mol. The van der Waals surface area contributed by atoms with E-state index in [-0.39, 0.29) is 10.4 Å². The Kier molecular flexibility index (Phi) is 2.96. The molecule has 0 saturated heterocycles. The number of aromatic amines is 1. The zero-order chi connectivity index (χ0) is 10.8. The van der Waals surface area contributed by atoms with Gasteiger partial charge in [0, 0.05) is 6.54 Å². The lowest BCUT2D eigenvalue weighted by Crippen LogP contribution is -2.32. The fraction of sp³-hybridized carbons (Fsp3) is 0.625. The van der Waals surface area contributed by atoms with Crippen LogP contribution in [-0.2, 0) is 10.0 Å². The third kappa shape index (κ3) is 3.12. The van der Waals surface area contributed by atoms with E-state index in [0.717, 1.165) is 0 Å². The lowest BCUT2D eigenvalue weighted by atomic mass is 9.98. The Bertz CT molecular complexity index is 375. The van der Waals surface area contributed by atoms with Gasteiger partial charge in [-0.05, 0) is 11.5 Å². The lowest BCUT2D eigenvalue weighted by molar-refractivity contribution is 0.407. The number of rotatable bonds is 3. The van der Waals surface area contributed by atoms with Gasteiger partial charge in [0.15, 0.2) is 5.03 Å². The molecule has 5 nitrogen and oxygen atoms in total. The van der Waals surface area contributed by atoms with Gasteiger partial charge in [-0.3, -0.25) is 5.10 Å². The second kappa shape index (κ2) is 3.70. The first-order chi connectivity index (χ1) is 6.31. The van der Waals surface area contributed by atoms with E-state index in [4.69, 9.17) is 0 Å². The Hall–Kier alpha value is -0.880. The highest BCUT2D eigenvalue weighted by molar-refractivity contribution is 7.89. The average Bonchev–Trinajstić information content (AvgIpc) is 2.52. The first-order valence-corrected chi connectivity index (χ1v) is 5.79. The summed E-state index contributed by atoms with van der Waals surface area (Å²) in [4.78, 5) is 0. The van der Waals surface area contributed by atoms with Gasteiger partial charge >= 0.3 is 0 Å². The number of aromatic nitrogens is 2. The molecule has 14 heavy (non-hydrogen) atoms. The summed E-state index contributed by atoms with van der Waals surface area (Å²) in [6, 6.07) is 1.42. The number of sulfonamides is 1. The molecule has 1 heterocycles. The molecule has 0 saturated carbocycles. The van der Waals surface area contributed by atoms with Crippen molar-refractivity contribution in [2.45, 2.75) is 25.8 Å². The number of hydrogen-bond acceptors (Lipinski definition) is 3. The Balaban J connectivity index is 2.70. The largest absolute Gasteiger partial charge is 0.266 e. The predicted molar refractivity (Wildman–Crippen MR) is 53.2 cm³/mol. The maximum Gasteiger partial charge on any atom is 0.257 e. The van der Waals surface area contributed by atoms with Gasteiger partial charge in [0.2, 0.25) is 0 Å². The average molecular weight is 217 g/mol. The summed E-state index contributed by atoms with van der Waals surface area (Å²) in [5.41, 5.74) is -0.0763. The molecule has 0 spiro atoms. The first-order valence-electron chi connectivity index (χ1n) is 4.30. The molecule has 0 bridgehead atoms. The van der Waals surface area contributed by atoms with E-state index in [1.54, 1.807) is 0 Å². The molecule has 0 aliphatic carbocycles. The van der Waals surface area contributed by atoms with E-state index >= 15 is 0 Å². The van der Waals surface area contributed by atoms with Crippen LogP contribution in [0.3, 0.4) is 0 Å². The second-order valence-corrected chi connectivity index (χ2v) is 6.04. The molecule has 1 aromatic rings. The molecule has 0 aromatic carbocycles. The topological polar surface area (TPSA) is 74.8 Å². The highest BCUT2D eigenvalue weighted by Crippen LogP contribution is 2.12. The molecule has 2 N–H and O–H groups in total. The van der Waals surface area contributed by atoms with Gasteiger partial charge in [-0.1, -0.05) is 20.8 Å². The van der Waals surface area contributed by atoms with Crippen LogP contribution in [0.1, 0.15) is 20.8 Å². The van der Waals surface area contributed by atoms with Crippen LogP contribution in [0.4, 0.5) is 0 Å². The van der Waals surface area contributed by atoms with Crippen molar-refractivity contribution >= 4 is 10.0 Å². The monoisotopic (exact) mass is 217 g/mol. The van der Waals surface area contributed by atoms with E-state index in [1.807, 2.05) is 20.8 Å². The molecule has 1 rings (SSSR count). The third-order valence-electron chi connectivity index (χ3n) is 1.56. The normalized spacial score (nSPS) is 13.1. The summed E-state index contributed by atoms with van der Waals surface area (Å²) in [6.07, 6.45) is 1.41. The quantitative estimate of drug-likeness (QED) is 0.784. The fourth-order valence-electron chi connectivity index (χ4n) is 0.782. The van der Waals surface area contributed by atoms with Gasteiger partial charge in [0.05, 0.1) is 6.20 Å². The lowest BCUT2D eigenvalue weighted by Gasteiger charge is -2.18. The SMILES string of the molecule is CC(C)(C)CNS(=O)(=O)c1ccn[nH]1. The van der Waals surface area contributed by atoms with Crippen LogP contribution in [0, 0.1) is 5.41 Å². The summed E-state index contributed by atoms with van der Waals surface area (Å²) >= 11 is 0. The van der Waals surface area contributed by atoms with Crippen molar-refractivity contribution in [3.8, 4) is 0 Å². The molecule has 0 aliphatic heterocycles. The van der Waals surface area contributed by atoms with Crippen molar-refractivity contribution in [2.75, 3.05) is 6.54 Å². The molecule has 80 valence electrons. The summed E-state index contributed by atoms with van der Waals surface area (Å²) in [5.74, 6) is 0. The minimum absolute atomic E-state index is 0.0763. The van der Waals surface area contributed by atoms with Crippen LogP contribution < -0.4 is 4.72 Å². The molecule has 6 heteroatoms. The Morgan fingerprint density at radius 2 is 2.14 bits per heavy atom. The van der Waals surface area contributed by atoms with E-state index in [2.05, 4.69) is 14.9 Å². The first kappa shape index (κ1) is 11.2. The molecular formula is C8H15N3O2S. The van der Waals surface area contributed by atoms with Gasteiger partial charge in [-0.15, -0.1) is 0 Å². The van der Waals surface area contributed by atoms with E-state index < -0.39 is 10.0 Å². The number of nitrogens with one attached hydrogen (secondary N) is 2. The van der Waals surface area contributed by atoms with Crippen molar-refractivity contribution in [3.05, 3.63) is 12.3 Å². The second-order valence-electron chi connectivity index (χ2n) is 4.31. The van der Waals surface area contributed by atoms with Gasteiger partial charge in [0.25, 0.3) is 10.0 Å². The van der Waals surface area contributed by atoms with Crippen LogP contribution >= 0.6 is 0 Å². The predicted octanol–water partition coefficient (Wildman–Crippen LogP) is 0.734. The highest BCUT2D eigenvalue weighted by atomic mass is 32.2. The van der Waals surface area contributed by atoms with Crippen molar-refractivity contribution in [2.24, 2.45) is 5.41 Å². The standard InChI is InChI=1S/C8H15N3O2S/c1-8(2,3)6-10-14(12,13)7-4-5-9-11-7/h4-5,10H,6H2,1-3H3,(H,9,11). The number of hydrogen-bond donors (Lipinski definition) is 2. The molecule has 0 atom stereocenters. The van der Waals surface area contributed by atoms with Gasteiger partial charge in [-0.25, -0.2) is 13.1 Å². The fourth-order valence-corrected chi connectivity index (χ4v) is 1.97. The molecule has 0 radical (unpaired) electrons. The molecule has 1 aromatic heterocycles. The summed E-state index contributed by atoms with van der Waals surface area (Å²) in [5, 5.41) is 6.10. The van der Waals surface area contributed by atoms with Gasteiger partial charge < -0.3 is 0 Å². The van der Waals surface area contributed by atoms with Crippen molar-refractivity contribution in [1.82, 2.24) is 14.9 Å². The Morgan fingerprint density at radius 1 is 1.50 bits per heavy atom. The molecule has 0 aliphatic rings. The highest BCUT2D eigenvalue weighted by Gasteiger charge is 2.18.